The Kier molecular flexibility index (Phi) is 6.12. The summed E-state index contributed by atoms with van der Waals surface area (Å²) in [5, 5.41) is 2.54. The van der Waals surface area contributed by atoms with Crippen LogP contribution < -0.4 is 11.1 Å². The standard InChI is InChI=1S/C16H22N2O5/c1-16(2,10-5-7-11(17)8-6-10)15(21)18-12(14(20)23-4)9-13(19)22-3/h5-8,12H,9,17H2,1-4H3,(H,18,21). The van der Waals surface area contributed by atoms with Crippen molar-refractivity contribution in [2.24, 2.45) is 0 Å². The second-order valence-electron chi connectivity index (χ2n) is 5.58. The zero-order chi connectivity index (χ0) is 17.6. The average Bonchev–Trinajstić information content (AvgIpc) is 2.53. The van der Waals surface area contributed by atoms with Gasteiger partial charge in [-0.1, -0.05) is 12.1 Å². The lowest BCUT2D eigenvalue weighted by atomic mass is 9.83. The molecule has 1 aromatic rings. The van der Waals surface area contributed by atoms with Crippen LogP contribution in [0.25, 0.3) is 0 Å². The molecule has 0 aliphatic carbocycles. The van der Waals surface area contributed by atoms with E-state index in [9.17, 15) is 14.4 Å². The van der Waals surface area contributed by atoms with E-state index < -0.39 is 29.3 Å². The molecule has 0 fully saturated rings. The molecule has 0 saturated carbocycles. The van der Waals surface area contributed by atoms with E-state index in [0.717, 1.165) is 5.56 Å². The average molecular weight is 322 g/mol. The van der Waals surface area contributed by atoms with Gasteiger partial charge < -0.3 is 20.5 Å². The molecule has 0 aliphatic heterocycles. The van der Waals surface area contributed by atoms with Crippen LogP contribution in [0.2, 0.25) is 0 Å². The first-order valence-corrected chi connectivity index (χ1v) is 7.04. The van der Waals surface area contributed by atoms with Gasteiger partial charge in [-0.15, -0.1) is 0 Å². The van der Waals surface area contributed by atoms with Gasteiger partial charge in [0.05, 0.1) is 26.1 Å². The van der Waals surface area contributed by atoms with Crippen molar-refractivity contribution < 1.29 is 23.9 Å². The van der Waals surface area contributed by atoms with Gasteiger partial charge in [-0.3, -0.25) is 9.59 Å². The number of nitrogen functional groups attached to an aromatic ring is 1. The van der Waals surface area contributed by atoms with Crippen LogP contribution in [0.3, 0.4) is 0 Å². The number of carbonyl (C=O) groups excluding carboxylic acids is 3. The summed E-state index contributed by atoms with van der Waals surface area (Å²) in [6.07, 6.45) is -0.299. The highest BCUT2D eigenvalue weighted by molar-refractivity contribution is 5.92. The Morgan fingerprint density at radius 2 is 1.70 bits per heavy atom. The van der Waals surface area contributed by atoms with Crippen molar-refractivity contribution in [3.63, 3.8) is 0 Å². The second kappa shape index (κ2) is 7.62. The van der Waals surface area contributed by atoms with Gasteiger partial charge in [0.15, 0.2) is 0 Å². The molecule has 0 saturated heterocycles. The molecule has 0 radical (unpaired) electrons. The molecule has 1 atom stereocenters. The van der Waals surface area contributed by atoms with E-state index >= 15 is 0 Å². The topological polar surface area (TPSA) is 108 Å². The van der Waals surface area contributed by atoms with Crippen molar-refractivity contribution >= 4 is 23.5 Å². The molecule has 1 rings (SSSR count). The van der Waals surface area contributed by atoms with E-state index in [0.29, 0.717) is 5.69 Å². The van der Waals surface area contributed by atoms with Crippen LogP contribution in [0.15, 0.2) is 24.3 Å². The third-order valence-electron chi connectivity index (χ3n) is 3.59. The maximum atomic E-state index is 12.5. The first kappa shape index (κ1) is 18.5. The van der Waals surface area contributed by atoms with Gasteiger partial charge >= 0.3 is 11.9 Å². The third-order valence-corrected chi connectivity index (χ3v) is 3.59. The molecule has 3 N–H and O–H groups in total. The Balaban J connectivity index is 2.93. The fourth-order valence-corrected chi connectivity index (χ4v) is 1.96. The van der Waals surface area contributed by atoms with Crippen LogP contribution >= 0.6 is 0 Å². The lowest BCUT2D eigenvalue weighted by molar-refractivity contribution is -0.151. The Labute approximate surface area is 135 Å². The number of nitrogens with two attached hydrogens (primary N) is 1. The molecule has 7 nitrogen and oxygen atoms in total. The van der Waals surface area contributed by atoms with Crippen LogP contribution in [0, 0.1) is 0 Å². The molecule has 0 aliphatic rings. The second-order valence-corrected chi connectivity index (χ2v) is 5.58. The van der Waals surface area contributed by atoms with Crippen molar-refractivity contribution in [3.8, 4) is 0 Å². The molecule has 23 heavy (non-hydrogen) atoms. The first-order valence-electron chi connectivity index (χ1n) is 7.04. The Morgan fingerprint density at radius 1 is 1.13 bits per heavy atom. The number of hydrogen-bond acceptors (Lipinski definition) is 6. The number of benzene rings is 1. The molecule has 0 aromatic heterocycles. The van der Waals surface area contributed by atoms with Gasteiger partial charge in [-0.2, -0.15) is 0 Å². The minimum Gasteiger partial charge on any atom is -0.469 e. The maximum Gasteiger partial charge on any atom is 0.328 e. The minimum absolute atomic E-state index is 0.299. The van der Waals surface area contributed by atoms with Crippen LogP contribution in [0.5, 0.6) is 0 Å². The molecular weight excluding hydrogens is 300 g/mol. The van der Waals surface area contributed by atoms with E-state index in [2.05, 4.69) is 14.8 Å². The fourth-order valence-electron chi connectivity index (χ4n) is 1.96. The lowest BCUT2D eigenvalue weighted by Crippen LogP contribution is -2.49. The predicted octanol–water partition coefficient (Wildman–Crippen LogP) is 0.767. The van der Waals surface area contributed by atoms with Crippen LogP contribution in [0.4, 0.5) is 5.69 Å². The molecule has 7 heteroatoms. The number of rotatable bonds is 6. The molecule has 1 amide bonds. The van der Waals surface area contributed by atoms with Gasteiger partial charge in [0, 0.05) is 5.69 Å². The van der Waals surface area contributed by atoms with Crippen molar-refractivity contribution in [2.45, 2.75) is 31.7 Å². The number of amides is 1. The van der Waals surface area contributed by atoms with Crippen molar-refractivity contribution in [3.05, 3.63) is 29.8 Å². The van der Waals surface area contributed by atoms with Crippen LogP contribution in [0.1, 0.15) is 25.8 Å². The molecule has 126 valence electrons. The van der Waals surface area contributed by atoms with Gasteiger partial charge in [-0.05, 0) is 31.5 Å². The van der Waals surface area contributed by atoms with Crippen LogP contribution in [-0.4, -0.2) is 38.1 Å². The van der Waals surface area contributed by atoms with Crippen molar-refractivity contribution in [1.29, 1.82) is 0 Å². The van der Waals surface area contributed by atoms with E-state index in [1.165, 1.54) is 14.2 Å². The highest BCUT2D eigenvalue weighted by Crippen LogP contribution is 2.24. The minimum atomic E-state index is -1.10. The number of esters is 2. The van der Waals surface area contributed by atoms with Gasteiger partial charge in [0.1, 0.15) is 6.04 Å². The smallest absolute Gasteiger partial charge is 0.328 e. The van der Waals surface area contributed by atoms with E-state index in [-0.39, 0.29) is 6.42 Å². The van der Waals surface area contributed by atoms with Crippen LogP contribution in [-0.2, 0) is 29.3 Å². The van der Waals surface area contributed by atoms with Gasteiger partial charge in [-0.25, -0.2) is 4.79 Å². The molecule has 1 aromatic carbocycles. The molecule has 0 heterocycles. The quantitative estimate of drug-likeness (QED) is 0.591. The summed E-state index contributed by atoms with van der Waals surface area (Å²) in [6, 6.07) is 5.76. The predicted molar refractivity (Wildman–Crippen MR) is 84.5 cm³/mol. The Bertz CT molecular complexity index is 581. The fraction of sp³-hybridized carbons (Fsp3) is 0.438. The SMILES string of the molecule is COC(=O)CC(NC(=O)C(C)(C)c1ccc(N)cc1)C(=O)OC. The van der Waals surface area contributed by atoms with E-state index in [1.54, 1.807) is 38.1 Å². The third kappa shape index (κ3) is 4.70. The zero-order valence-corrected chi connectivity index (χ0v) is 13.7. The monoisotopic (exact) mass is 322 g/mol. The molecular formula is C16H22N2O5. The number of hydrogen-bond donors (Lipinski definition) is 2. The van der Waals surface area contributed by atoms with E-state index in [1.807, 2.05) is 0 Å². The highest BCUT2D eigenvalue weighted by atomic mass is 16.5. The summed E-state index contributed by atoms with van der Waals surface area (Å²) in [5.41, 5.74) is 6.03. The summed E-state index contributed by atoms with van der Waals surface area (Å²) in [5.74, 6) is -1.75. The van der Waals surface area contributed by atoms with Gasteiger partial charge in [0.25, 0.3) is 0 Å². The normalized spacial score (nSPS) is 12.2. The molecule has 0 bridgehead atoms. The van der Waals surface area contributed by atoms with Crippen molar-refractivity contribution in [2.75, 3.05) is 20.0 Å². The molecule has 0 spiro atoms. The first-order chi connectivity index (χ1) is 10.7. The Morgan fingerprint density at radius 3 is 2.17 bits per heavy atom. The zero-order valence-electron chi connectivity index (χ0n) is 13.7. The summed E-state index contributed by atoms with van der Waals surface area (Å²) >= 11 is 0. The lowest BCUT2D eigenvalue weighted by Gasteiger charge is -2.26. The van der Waals surface area contributed by atoms with E-state index in [4.69, 9.17) is 5.73 Å². The summed E-state index contributed by atoms with van der Waals surface area (Å²) in [4.78, 5) is 35.7. The Hall–Kier alpha value is -2.57. The summed E-state index contributed by atoms with van der Waals surface area (Å²) in [6.45, 7) is 3.42. The largest absolute Gasteiger partial charge is 0.469 e. The summed E-state index contributed by atoms with van der Waals surface area (Å²) < 4.78 is 9.14. The maximum absolute atomic E-state index is 12.5. The number of carbonyl (C=O) groups is 3. The molecule has 1 unspecified atom stereocenters. The highest BCUT2D eigenvalue weighted by Gasteiger charge is 2.34. The number of ether oxygens (including phenoxy) is 2. The van der Waals surface area contributed by atoms with Gasteiger partial charge in [0.2, 0.25) is 5.91 Å². The summed E-state index contributed by atoms with van der Waals surface area (Å²) in [7, 11) is 2.39. The number of nitrogens with one attached hydrogen (secondary N) is 1. The van der Waals surface area contributed by atoms with Crippen molar-refractivity contribution in [1.82, 2.24) is 5.32 Å². The number of anilines is 1. The number of methoxy groups -OCH3 is 2.